The van der Waals surface area contributed by atoms with Gasteiger partial charge in [0, 0.05) is 13.5 Å². The van der Waals surface area contributed by atoms with E-state index in [1.165, 1.54) is 6.92 Å². The maximum atomic E-state index is 10.5. The monoisotopic (exact) mass is 190 g/mol. The Labute approximate surface area is 78.8 Å². The van der Waals surface area contributed by atoms with Crippen LogP contribution in [0.5, 0.6) is 0 Å². The van der Waals surface area contributed by atoms with Gasteiger partial charge in [-0.3, -0.25) is 4.79 Å². The van der Waals surface area contributed by atoms with E-state index in [4.69, 9.17) is 4.74 Å². The third-order valence-corrected chi connectivity index (χ3v) is 1.76. The maximum Gasteiger partial charge on any atom is 0.302 e. The van der Waals surface area contributed by atoms with Gasteiger partial charge in [-0.15, -0.1) is 0 Å². The molecule has 0 spiro atoms. The summed E-state index contributed by atoms with van der Waals surface area (Å²) in [6, 6.07) is 0. The third kappa shape index (κ3) is 4.85. The molecular formula is C9H18O4. The lowest BCUT2D eigenvalue weighted by Gasteiger charge is -2.29. The summed E-state index contributed by atoms with van der Waals surface area (Å²) in [5, 5.41) is 9.55. The van der Waals surface area contributed by atoms with Crippen molar-refractivity contribution in [3.8, 4) is 0 Å². The van der Waals surface area contributed by atoms with Crippen molar-refractivity contribution in [2.75, 3.05) is 13.2 Å². The first-order valence-electron chi connectivity index (χ1n) is 4.35. The Morgan fingerprint density at radius 2 is 2.08 bits per heavy atom. The zero-order valence-electron chi connectivity index (χ0n) is 8.66. The third-order valence-electron chi connectivity index (χ3n) is 1.76. The molecule has 1 unspecified atom stereocenters. The van der Waals surface area contributed by atoms with E-state index in [1.54, 1.807) is 13.8 Å². The Bertz CT molecular complexity index is 165. The first-order chi connectivity index (χ1) is 5.90. The fraction of sp³-hybridized carbons (Fsp3) is 0.889. The maximum absolute atomic E-state index is 10.5. The second-order valence-electron chi connectivity index (χ2n) is 3.35. The van der Waals surface area contributed by atoms with Gasteiger partial charge in [0.2, 0.25) is 0 Å². The van der Waals surface area contributed by atoms with E-state index in [0.29, 0.717) is 6.61 Å². The molecule has 0 rings (SSSR count). The Kier molecular flexibility index (Phi) is 4.95. The molecule has 78 valence electrons. The molecule has 0 aliphatic rings. The smallest absolute Gasteiger partial charge is 0.302 e. The predicted octanol–water partition coefficient (Wildman–Crippen LogP) is 0.726. The fourth-order valence-electron chi connectivity index (χ4n) is 0.865. The highest BCUT2D eigenvalue weighted by Gasteiger charge is 2.28. The Morgan fingerprint density at radius 1 is 1.54 bits per heavy atom. The standard InChI is InChI=1S/C9H18O4/c1-5-13-9(3,4)8(11)6-12-7(2)10/h8,11H,5-6H2,1-4H3. The van der Waals surface area contributed by atoms with Crippen molar-refractivity contribution in [3.05, 3.63) is 0 Å². The molecule has 0 aromatic rings. The molecule has 0 saturated heterocycles. The number of aliphatic hydroxyl groups excluding tert-OH is 1. The molecule has 0 aromatic carbocycles. The van der Waals surface area contributed by atoms with E-state index in [1.807, 2.05) is 6.92 Å². The molecule has 0 aromatic heterocycles. The molecule has 0 radical (unpaired) electrons. The summed E-state index contributed by atoms with van der Waals surface area (Å²) in [6.45, 7) is 7.16. The second kappa shape index (κ2) is 5.19. The van der Waals surface area contributed by atoms with Crippen LogP contribution in [0.1, 0.15) is 27.7 Å². The first-order valence-corrected chi connectivity index (χ1v) is 4.35. The Morgan fingerprint density at radius 3 is 2.46 bits per heavy atom. The van der Waals surface area contributed by atoms with Gasteiger partial charge in [-0.2, -0.15) is 0 Å². The molecular weight excluding hydrogens is 172 g/mol. The van der Waals surface area contributed by atoms with Gasteiger partial charge in [0.05, 0.1) is 5.60 Å². The van der Waals surface area contributed by atoms with Crippen LogP contribution in [0.15, 0.2) is 0 Å². The average Bonchev–Trinajstić information content (AvgIpc) is 1.99. The van der Waals surface area contributed by atoms with E-state index in [9.17, 15) is 9.90 Å². The highest BCUT2D eigenvalue weighted by molar-refractivity contribution is 5.65. The predicted molar refractivity (Wildman–Crippen MR) is 48.3 cm³/mol. The minimum absolute atomic E-state index is 0.0255. The van der Waals surface area contributed by atoms with Crippen LogP contribution in [0.4, 0.5) is 0 Å². The van der Waals surface area contributed by atoms with Crippen LogP contribution >= 0.6 is 0 Å². The zero-order chi connectivity index (χ0) is 10.5. The van der Waals surface area contributed by atoms with Gasteiger partial charge in [0.25, 0.3) is 0 Å². The van der Waals surface area contributed by atoms with Crippen LogP contribution < -0.4 is 0 Å². The number of ether oxygens (including phenoxy) is 2. The molecule has 0 bridgehead atoms. The van der Waals surface area contributed by atoms with Gasteiger partial charge >= 0.3 is 5.97 Å². The molecule has 0 heterocycles. The van der Waals surface area contributed by atoms with Gasteiger partial charge in [-0.25, -0.2) is 0 Å². The lowest BCUT2D eigenvalue weighted by Crippen LogP contribution is -2.42. The number of aliphatic hydroxyl groups is 1. The van der Waals surface area contributed by atoms with Crippen molar-refractivity contribution in [2.45, 2.75) is 39.4 Å². The quantitative estimate of drug-likeness (QED) is 0.649. The van der Waals surface area contributed by atoms with Crippen molar-refractivity contribution in [2.24, 2.45) is 0 Å². The average molecular weight is 190 g/mol. The summed E-state index contributed by atoms with van der Waals surface area (Å²) in [5.74, 6) is -0.397. The minimum Gasteiger partial charge on any atom is -0.463 e. The largest absolute Gasteiger partial charge is 0.463 e. The van der Waals surface area contributed by atoms with Crippen LogP contribution in [-0.2, 0) is 14.3 Å². The van der Waals surface area contributed by atoms with Crippen molar-refractivity contribution in [1.29, 1.82) is 0 Å². The highest BCUT2D eigenvalue weighted by Crippen LogP contribution is 2.14. The lowest BCUT2D eigenvalue weighted by atomic mass is 10.0. The molecule has 4 heteroatoms. The Hall–Kier alpha value is -0.610. The molecule has 1 N–H and O–H groups in total. The molecule has 0 aliphatic carbocycles. The Balaban J connectivity index is 3.92. The summed E-state index contributed by atoms with van der Waals surface area (Å²) < 4.78 is 9.95. The van der Waals surface area contributed by atoms with Gasteiger partial charge < -0.3 is 14.6 Å². The SMILES string of the molecule is CCOC(C)(C)C(O)COC(C)=O. The summed E-state index contributed by atoms with van der Waals surface area (Å²) in [4.78, 5) is 10.5. The van der Waals surface area contributed by atoms with Crippen LogP contribution in [0.2, 0.25) is 0 Å². The lowest BCUT2D eigenvalue weighted by molar-refractivity contribution is -0.154. The second-order valence-corrected chi connectivity index (χ2v) is 3.35. The number of carbonyl (C=O) groups is 1. The summed E-state index contributed by atoms with van der Waals surface area (Å²) >= 11 is 0. The van der Waals surface area contributed by atoms with E-state index >= 15 is 0 Å². The summed E-state index contributed by atoms with van der Waals surface area (Å²) in [7, 11) is 0. The van der Waals surface area contributed by atoms with Crippen molar-refractivity contribution in [1.82, 2.24) is 0 Å². The van der Waals surface area contributed by atoms with Gasteiger partial charge in [0.1, 0.15) is 12.7 Å². The molecule has 0 amide bonds. The summed E-state index contributed by atoms with van der Waals surface area (Å²) in [6.07, 6.45) is -0.795. The molecule has 0 aliphatic heterocycles. The van der Waals surface area contributed by atoms with Crippen molar-refractivity contribution < 1.29 is 19.4 Å². The topological polar surface area (TPSA) is 55.8 Å². The first kappa shape index (κ1) is 12.4. The van der Waals surface area contributed by atoms with Crippen LogP contribution in [0.3, 0.4) is 0 Å². The van der Waals surface area contributed by atoms with E-state index < -0.39 is 17.7 Å². The van der Waals surface area contributed by atoms with Gasteiger partial charge in [-0.05, 0) is 20.8 Å². The van der Waals surface area contributed by atoms with Gasteiger partial charge in [-0.1, -0.05) is 0 Å². The van der Waals surface area contributed by atoms with Gasteiger partial charge in [0.15, 0.2) is 0 Å². The van der Waals surface area contributed by atoms with Crippen LogP contribution in [0, 0.1) is 0 Å². The number of rotatable bonds is 5. The van der Waals surface area contributed by atoms with Crippen molar-refractivity contribution >= 4 is 5.97 Å². The zero-order valence-corrected chi connectivity index (χ0v) is 8.66. The molecule has 13 heavy (non-hydrogen) atoms. The number of hydrogen-bond acceptors (Lipinski definition) is 4. The minimum atomic E-state index is -0.795. The number of carbonyl (C=O) groups excluding carboxylic acids is 1. The molecule has 1 atom stereocenters. The summed E-state index contributed by atoms with van der Waals surface area (Å²) in [5.41, 5.74) is -0.676. The van der Waals surface area contributed by atoms with Crippen LogP contribution in [0.25, 0.3) is 0 Å². The van der Waals surface area contributed by atoms with Crippen LogP contribution in [-0.4, -0.2) is 36.0 Å². The normalized spacial score (nSPS) is 13.9. The number of hydrogen-bond donors (Lipinski definition) is 1. The highest BCUT2D eigenvalue weighted by atomic mass is 16.6. The molecule has 4 nitrogen and oxygen atoms in total. The fourth-order valence-corrected chi connectivity index (χ4v) is 0.865. The van der Waals surface area contributed by atoms with E-state index in [-0.39, 0.29) is 6.61 Å². The van der Waals surface area contributed by atoms with Crippen molar-refractivity contribution in [3.63, 3.8) is 0 Å². The molecule has 0 saturated carbocycles. The number of esters is 1. The van der Waals surface area contributed by atoms with E-state index in [2.05, 4.69) is 4.74 Å². The van der Waals surface area contributed by atoms with E-state index in [0.717, 1.165) is 0 Å². The molecule has 0 fully saturated rings.